The Kier molecular flexibility index (Phi) is 4.51. The summed E-state index contributed by atoms with van der Waals surface area (Å²) >= 11 is 1.92. The van der Waals surface area contributed by atoms with E-state index in [0.717, 1.165) is 37.3 Å². The first kappa shape index (κ1) is 17.7. The molecule has 1 saturated heterocycles. The van der Waals surface area contributed by atoms with Gasteiger partial charge in [0.15, 0.2) is 12.4 Å². The third-order valence-electron chi connectivity index (χ3n) is 7.14. The van der Waals surface area contributed by atoms with E-state index in [4.69, 9.17) is 0 Å². The van der Waals surface area contributed by atoms with Crippen LogP contribution in [-0.2, 0) is 5.54 Å². The lowest BCUT2D eigenvalue weighted by molar-refractivity contribution is 0.0153. The van der Waals surface area contributed by atoms with Crippen molar-refractivity contribution in [3.05, 3.63) is 51.9 Å². The molecule has 2 fully saturated rings. The summed E-state index contributed by atoms with van der Waals surface area (Å²) < 4.78 is -0.185. The molecule has 1 N–H and O–H groups in total. The van der Waals surface area contributed by atoms with Crippen LogP contribution in [0.3, 0.4) is 0 Å². The number of anilines is 1. The molecule has 1 aliphatic carbocycles. The molecule has 0 amide bonds. The minimum absolute atomic E-state index is 0.168. The van der Waals surface area contributed by atoms with Crippen molar-refractivity contribution in [2.75, 3.05) is 25.1 Å². The Morgan fingerprint density at radius 1 is 1.04 bits per heavy atom. The molecule has 0 spiro atoms. The van der Waals surface area contributed by atoms with Crippen LogP contribution in [0.25, 0.3) is 0 Å². The van der Waals surface area contributed by atoms with Crippen LogP contribution in [-0.4, -0.2) is 30.7 Å². The molecule has 1 unspecified atom stereocenters. The molecule has 3 aliphatic rings. The highest BCUT2D eigenvalue weighted by molar-refractivity contribution is 7.10. The Morgan fingerprint density at radius 2 is 1.81 bits per heavy atom. The predicted molar refractivity (Wildman–Crippen MR) is 114 cm³/mol. The van der Waals surface area contributed by atoms with Gasteiger partial charge in [-0.3, -0.25) is 4.90 Å². The van der Waals surface area contributed by atoms with Gasteiger partial charge >= 0.3 is 0 Å². The summed E-state index contributed by atoms with van der Waals surface area (Å²) in [4.78, 5) is 4.27. The van der Waals surface area contributed by atoms with Crippen LogP contribution in [0.2, 0.25) is 0 Å². The molecule has 2 aromatic rings. The Bertz CT molecular complexity index is 779. The highest BCUT2D eigenvalue weighted by atomic mass is 32.1. The summed E-state index contributed by atoms with van der Waals surface area (Å²) in [7, 11) is 0. The molecule has 1 aromatic heterocycles. The first-order valence-corrected chi connectivity index (χ1v) is 11.3. The Balaban J connectivity index is 1.36. The van der Waals surface area contributed by atoms with Crippen LogP contribution < -0.4 is 9.96 Å². The molecule has 3 heterocycles. The molecule has 27 heavy (non-hydrogen) atoms. The molecule has 1 atom stereocenters. The van der Waals surface area contributed by atoms with E-state index in [-0.39, 0.29) is 16.2 Å². The van der Waals surface area contributed by atoms with E-state index in [1.54, 1.807) is 4.88 Å². The number of para-hydroxylation sites is 2. The van der Waals surface area contributed by atoms with E-state index in [2.05, 4.69) is 27.7 Å². The molecule has 4 nitrogen and oxygen atoms in total. The molecular weight excluding hydrogens is 354 g/mol. The molecule has 0 radical (unpaired) electrons. The van der Waals surface area contributed by atoms with E-state index in [1.165, 1.54) is 32.1 Å². The lowest BCUT2D eigenvalue weighted by atomic mass is 9.78. The number of piperidine rings is 1. The number of fused-ring (bicyclic) bond motifs is 1. The smallest absolute Gasteiger partial charge is 0.158 e. The van der Waals surface area contributed by atoms with Gasteiger partial charge in [0.2, 0.25) is 0 Å². The second-order valence-corrected chi connectivity index (χ2v) is 9.38. The fourth-order valence-electron chi connectivity index (χ4n) is 5.68. The summed E-state index contributed by atoms with van der Waals surface area (Å²) in [6.45, 7) is 2.58. The number of likely N-dealkylation sites (tertiary alicyclic amines) is 1. The van der Waals surface area contributed by atoms with Gasteiger partial charge in [0, 0.05) is 36.9 Å². The van der Waals surface area contributed by atoms with Crippen molar-refractivity contribution >= 4 is 22.7 Å². The van der Waals surface area contributed by atoms with Gasteiger partial charge in [-0.05, 0) is 30.4 Å². The van der Waals surface area contributed by atoms with Crippen molar-refractivity contribution in [1.29, 1.82) is 0 Å². The normalized spacial score (nSPS) is 28.6. The molecule has 144 valence electrons. The Hall–Kier alpha value is -1.40. The van der Waals surface area contributed by atoms with Crippen LogP contribution >= 0.6 is 11.3 Å². The van der Waals surface area contributed by atoms with Crippen molar-refractivity contribution in [2.24, 2.45) is 0 Å². The monoisotopic (exact) mass is 383 g/mol. The first-order valence-electron chi connectivity index (χ1n) is 10.4. The number of hydrogen-bond donors (Lipinski definition) is 1. The number of benzene rings is 1. The molecule has 5 rings (SSSR count). The number of nitrogens with zero attached hydrogens (tertiary/aromatic N) is 2. The van der Waals surface area contributed by atoms with E-state index >= 15 is 0 Å². The van der Waals surface area contributed by atoms with Gasteiger partial charge < -0.3 is 15.2 Å². The fourth-order valence-corrected chi connectivity index (χ4v) is 6.69. The Morgan fingerprint density at radius 3 is 2.56 bits per heavy atom. The fraction of sp³-hybridized carbons (Fsp3) is 0.545. The zero-order valence-corrected chi connectivity index (χ0v) is 16.7. The molecule has 1 saturated carbocycles. The molecule has 5 heteroatoms. The topological polar surface area (TPSA) is 38.3 Å². The molecule has 2 aliphatic heterocycles. The maximum absolute atomic E-state index is 13.7. The summed E-state index contributed by atoms with van der Waals surface area (Å²) in [5.74, 6) is 0. The summed E-state index contributed by atoms with van der Waals surface area (Å²) in [6, 6.07) is 12.8. The molecular formula is C22H29N3OS. The van der Waals surface area contributed by atoms with Crippen LogP contribution in [0.4, 0.5) is 11.4 Å². The molecule has 0 bridgehead atoms. The minimum atomic E-state index is -0.185. The van der Waals surface area contributed by atoms with Crippen molar-refractivity contribution in [3.63, 3.8) is 0 Å². The van der Waals surface area contributed by atoms with Crippen LogP contribution in [0.1, 0.15) is 49.8 Å². The maximum Gasteiger partial charge on any atom is 0.158 e. The number of hydrogen-bond acceptors (Lipinski definition) is 4. The van der Waals surface area contributed by atoms with Gasteiger partial charge in [-0.2, -0.15) is 0 Å². The average molecular weight is 384 g/mol. The highest BCUT2D eigenvalue weighted by Crippen LogP contribution is 2.47. The van der Waals surface area contributed by atoms with E-state index in [9.17, 15) is 5.21 Å². The van der Waals surface area contributed by atoms with E-state index in [1.807, 2.05) is 35.6 Å². The number of rotatable bonds is 3. The van der Waals surface area contributed by atoms with Crippen LogP contribution in [0.5, 0.6) is 0 Å². The second kappa shape index (κ2) is 6.89. The quantitative estimate of drug-likeness (QED) is 0.580. The van der Waals surface area contributed by atoms with Crippen LogP contribution in [0, 0.1) is 5.21 Å². The number of quaternary nitrogens is 1. The Labute approximate surface area is 166 Å². The third kappa shape index (κ3) is 2.83. The highest BCUT2D eigenvalue weighted by Gasteiger charge is 2.45. The summed E-state index contributed by atoms with van der Waals surface area (Å²) in [5.41, 5.74) is 2.19. The SMILES string of the molecule is [O-][N+]1(C2CCN(C3(c4cccs4)CCCCC3)CC2)CNc2ccccc21. The van der Waals surface area contributed by atoms with Gasteiger partial charge in [-0.15, -0.1) is 11.3 Å². The summed E-state index contributed by atoms with van der Waals surface area (Å²) in [6.07, 6.45) is 8.57. The predicted octanol–water partition coefficient (Wildman–Crippen LogP) is 5.26. The zero-order chi connectivity index (χ0) is 18.3. The van der Waals surface area contributed by atoms with Gasteiger partial charge in [0.25, 0.3) is 0 Å². The minimum Gasteiger partial charge on any atom is -0.626 e. The number of nitrogens with one attached hydrogen (secondary N) is 1. The van der Waals surface area contributed by atoms with Crippen molar-refractivity contribution in [3.8, 4) is 0 Å². The lowest BCUT2D eigenvalue weighted by Crippen LogP contribution is -2.59. The van der Waals surface area contributed by atoms with E-state index in [0.29, 0.717) is 6.67 Å². The third-order valence-corrected chi connectivity index (χ3v) is 8.20. The van der Waals surface area contributed by atoms with E-state index < -0.39 is 0 Å². The second-order valence-electron chi connectivity index (χ2n) is 8.44. The lowest BCUT2D eigenvalue weighted by Gasteiger charge is -2.52. The largest absolute Gasteiger partial charge is 0.626 e. The van der Waals surface area contributed by atoms with Crippen molar-refractivity contribution in [2.45, 2.75) is 56.5 Å². The summed E-state index contributed by atoms with van der Waals surface area (Å²) in [5, 5.41) is 19.3. The molecule has 1 aromatic carbocycles. The van der Waals surface area contributed by atoms with Gasteiger partial charge in [-0.25, -0.2) is 0 Å². The number of thiophene rings is 1. The first-order chi connectivity index (χ1) is 13.2. The average Bonchev–Trinajstić information content (AvgIpc) is 3.39. The van der Waals surface area contributed by atoms with Crippen molar-refractivity contribution < 1.29 is 0 Å². The maximum atomic E-state index is 13.7. The standard InChI is InChI=1S/C22H29N3OS/c26-25(17-23-19-7-2-3-8-20(19)25)18-10-14-24(15-11-18)22(12-4-1-5-13-22)21-9-6-16-27-21/h2-3,6-9,16,18,23H,1,4-5,10-15,17H2. The zero-order valence-electron chi connectivity index (χ0n) is 15.9. The number of hydroxylamine groups is 2. The van der Waals surface area contributed by atoms with Crippen LogP contribution in [0.15, 0.2) is 41.8 Å². The van der Waals surface area contributed by atoms with Gasteiger partial charge in [-0.1, -0.05) is 37.5 Å². The van der Waals surface area contributed by atoms with Gasteiger partial charge in [0.05, 0.1) is 11.6 Å². The van der Waals surface area contributed by atoms with Crippen molar-refractivity contribution in [1.82, 2.24) is 9.55 Å². The van der Waals surface area contributed by atoms with Gasteiger partial charge in [0.1, 0.15) is 5.69 Å².